The second-order valence-electron chi connectivity index (χ2n) is 12.3. The van der Waals surface area contributed by atoms with Crippen molar-refractivity contribution >= 4 is 18.0 Å². The summed E-state index contributed by atoms with van der Waals surface area (Å²) in [6, 6.07) is 14.0. The standard InChI is InChI=1S/C34H40N2O5/c1-4-17-35-18-16-34-25-12-13-26(36(20-22(2)3)29(38)15-10-23-8-6-5-7-9-23)33(34)41-32-28(40-30(39)21-37)14-11-24(31(32)34)19-27(25)35/h4-11,14-15,22,25-27,33,37H,1,12-13,16-21H2,2-3H3/b15-10+/t25-,26?,27+,33?,34-/m0/s1. The minimum absolute atomic E-state index is 0.00873. The zero-order valence-corrected chi connectivity index (χ0v) is 24.0. The van der Waals surface area contributed by atoms with Gasteiger partial charge in [0.1, 0.15) is 12.7 Å². The maximum absolute atomic E-state index is 13.9. The predicted octanol–water partition coefficient (Wildman–Crippen LogP) is 4.38. The molecule has 2 heterocycles. The van der Waals surface area contributed by atoms with E-state index in [9.17, 15) is 14.7 Å². The Kier molecular flexibility index (Phi) is 7.51. The van der Waals surface area contributed by atoms with Gasteiger partial charge in [-0.3, -0.25) is 9.69 Å². The van der Waals surface area contributed by atoms with Crippen LogP contribution in [0.1, 0.15) is 49.8 Å². The first kappa shape index (κ1) is 27.7. The van der Waals surface area contributed by atoms with E-state index in [0.717, 1.165) is 49.9 Å². The lowest BCUT2D eigenvalue weighted by Gasteiger charge is -2.60. The molecule has 1 spiro atoms. The van der Waals surface area contributed by atoms with E-state index in [-0.39, 0.29) is 29.4 Å². The zero-order valence-electron chi connectivity index (χ0n) is 24.0. The van der Waals surface area contributed by atoms with Crippen molar-refractivity contribution in [1.29, 1.82) is 0 Å². The summed E-state index contributed by atoms with van der Waals surface area (Å²) in [5.74, 6) is 0.924. The van der Waals surface area contributed by atoms with Crippen LogP contribution in [0.3, 0.4) is 0 Å². The fourth-order valence-electron chi connectivity index (χ4n) is 8.14. The fourth-order valence-corrected chi connectivity index (χ4v) is 8.14. The number of aliphatic hydroxyl groups excluding tert-OH is 1. The number of esters is 1. The highest BCUT2D eigenvalue weighted by atomic mass is 16.6. The summed E-state index contributed by atoms with van der Waals surface area (Å²) < 4.78 is 12.5. The molecular formula is C34H40N2O5. The Balaban J connectivity index is 1.42. The van der Waals surface area contributed by atoms with Crippen LogP contribution in [-0.4, -0.2) is 71.2 Å². The first-order valence-electron chi connectivity index (χ1n) is 14.9. The minimum atomic E-state index is -0.706. The van der Waals surface area contributed by atoms with Gasteiger partial charge < -0.3 is 19.5 Å². The molecule has 2 aliphatic heterocycles. The van der Waals surface area contributed by atoms with Crippen molar-refractivity contribution in [1.82, 2.24) is 9.80 Å². The van der Waals surface area contributed by atoms with Gasteiger partial charge in [0.15, 0.2) is 11.5 Å². The number of amides is 1. The molecule has 1 N–H and O–H groups in total. The Hall–Kier alpha value is -3.42. The van der Waals surface area contributed by atoms with Crippen LogP contribution in [0.2, 0.25) is 0 Å². The first-order chi connectivity index (χ1) is 19.9. The number of ether oxygens (including phenoxy) is 2. The first-order valence-corrected chi connectivity index (χ1v) is 14.9. The number of aliphatic hydroxyl groups is 1. The summed E-state index contributed by atoms with van der Waals surface area (Å²) in [5.41, 5.74) is 3.11. The molecule has 1 saturated heterocycles. The van der Waals surface area contributed by atoms with E-state index in [1.165, 1.54) is 5.56 Å². The quantitative estimate of drug-likeness (QED) is 0.214. The number of piperidine rings is 1. The Morgan fingerprint density at radius 2 is 2.02 bits per heavy atom. The van der Waals surface area contributed by atoms with Crippen LogP contribution in [0, 0.1) is 11.8 Å². The summed E-state index contributed by atoms with van der Waals surface area (Å²) >= 11 is 0. The molecule has 216 valence electrons. The van der Waals surface area contributed by atoms with Crippen LogP contribution in [0.25, 0.3) is 6.08 Å². The molecule has 2 unspecified atom stereocenters. The van der Waals surface area contributed by atoms with Crippen molar-refractivity contribution in [2.24, 2.45) is 11.8 Å². The van der Waals surface area contributed by atoms with Crippen LogP contribution in [0.15, 0.2) is 61.2 Å². The summed E-state index contributed by atoms with van der Waals surface area (Å²) in [6.07, 6.45) is 8.99. The predicted molar refractivity (Wildman–Crippen MR) is 158 cm³/mol. The normalized spacial score (nSPS) is 27.8. The third-order valence-corrected chi connectivity index (χ3v) is 9.57. The molecule has 1 amide bonds. The topological polar surface area (TPSA) is 79.3 Å². The van der Waals surface area contributed by atoms with Crippen molar-refractivity contribution in [3.63, 3.8) is 0 Å². The molecule has 6 rings (SSSR count). The summed E-state index contributed by atoms with van der Waals surface area (Å²) in [4.78, 5) is 30.6. The number of hydrogen-bond donors (Lipinski definition) is 1. The van der Waals surface area contributed by atoms with Crippen molar-refractivity contribution < 1.29 is 24.2 Å². The summed E-state index contributed by atoms with van der Waals surface area (Å²) in [6.45, 7) is 10.0. The lowest BCUT2D eigenvalue weighted by molar-refractivity contribution is -0.138. The molecule has 2 fully saturated rings. The maximum Gasteiger partial charge on any atom is 0.337 e. The third kappa shape index (κ3) is 4.69. The molecule has 2 aromatic carbocycles. The van der Waals surface area contributed by atoms with Gasteiger partial charge in [-0.25, -0.2) is 4.79 Å². The molecule has 2 aliphatic carbocycles. The van der Waals surface area contributed by atoms with E-state index in [1.54, 1.807) is 12.1 Å². The van der Waals surface area contributed by atoms with Gasteiger partial charge in [-0.05, 0) is 67.3 Å². The smallest absolute Gasteiger partial charge is 0.337 e. The van der Waals surface area contributed by atoms with Crippen LogP contribution >= 0.6 is 0 Å². The van der Waals surface area contributed by atoms with Gasteiger partial charge in [0.05, 0.1) is 6.04 Å². The average Bonchev–Trinajstić information content (AvgIpc) is 3.32. The third-order valence-electron chi connectivity index (χ3n) is 9.57. The highest BCUT2D eigenvalue weighted by Crippen LogP contribution is 2.64. The molecular weight excluding hydrogens is 516 g/mol. The second kappa shape index (κ2) is 11.1. The molecule has 41 heavy (non-hydrogen) atoms. The summed E-state index contributed by atoms with van der Waals surface area (Å²) in [7, 11) is 0. The fraction of sp³-hybridized carbons (Fsp3) is 0.471. The van der Waals surface area contributed by atoms with Gasteiger partial charge in [0, 0.05) is 36.2 Å². The Morgan fingerprint density at radius 3 is 2.76 bits per heavy atom. The van der Waals surface area contributed by atoms with E-state index in [0.29, 0.717) is 30.0 Å². The van der Waals surface area contributed by atoms with Gasteiger partial charge >= 0.3 is 5.97 Å². The van der Waals surface area contributed by atoms with Crippen LogP contribution < -0.4 is 9.47 Å². The largest absolute Gasteiger partial charge is 0.483 e. The van der Waals surface area contributed by atoms with Crippen molar-refractivity contribution in [2.75, 3.05) is 26.2 Å². The summed E-state index contributed by atoms with van der Waals surface area (Å²) in [5, 5.41) is 9.39. The highest BCUT2D eigenvalue weighted by molar-refractivity contribution is 5.92. The minimum Gasteiger partial charge on any atom is -0.483 e. The molecule has 4 aliphatic rings. The number of nitrogens with zero attached hydrogens (tertiary/aromatic N) is 2. The molecule has 5 atom stereocenters. The van der Waals surface area contributed by atoms with E-state index < -0.39 is 12.6 Å². The molecule has 7 heteroatoms. The van der Waals surface area contributed by atoms with E-state index >= 15 is 0 Å². The van der Waals surface area contributed by atoms with Crippen molar-refractivity contribution in [3.8, 4) is 11.5 Å². The van der Waals surface area contributed by atoms with E-state index in [2.05, 4.69) is 31.4 Å². The number of likely N-dealkylation sites (tertiary alicyclic amines) is 1. The molecule has 0 radical (unpaired) electrons. The average molecular weight is 557 g/mol. The Labute approximate surface area is 242 Å². The van der Waals surface area contributed by atoms with Gasteiger partial charge in [-0.15, -0.1) is 6.58 Å². The van der Waals surface area contributed by atoms with Gasteiger partial charge in [-0.1, -0.05) is 56.3 Å². The van der Waals surface area contributed by atoms with Crippen molar-refractivity contribution in [2.45, 2.75) is 63.1 Å². The molecule has 2 aromatic rings. The molecule has 1 saturated carbocycles. The van der Waals surface area contributed by atoms with E-state index in [4.69, 9.17) is 9.47 Å². The van der Waals surface area contributed by atoms with Crippen molar-refractivity contribution in [3.05, 3.63) is 77.9 Å². The zero-order chi connectivity index (χ0) is 28.7. The monoisotopic (exact) mass is 556 g/mol. The SMILES string of the molecule is C=CCN1CC[C@]23c4c5ccc(OC(=O)CO)c4OC2C(N(CC(C)C)C(=O)/C=C/c2ccccc2)CC[C@H]3[C@H]1C5. The van der Waals surface area contributed by atoms with Gasteiger partial charge in [0.25, 0.3) is 0 Å². The van der Waals surface area contributed by atoms with Crippen LogP contribution in [-0.2, 0) is 21.4 Å². The number of rotatable bonds is 9. The number of benzene rings is 2. The van der Waals surface area contributed by atoms with E-state index in [1.807, 2.05) is 47.4 Å². The number of hydrogen-bond acceptors (Lipinski definition) is 6. The van der Waals surface area contributed by atoms with Crippen LogP contribution in [0.5, 0.6) is 11.5 Å². The maximum atomic E-state index is 13.9. The molecule has 7 nitrogen and oxygen atoms in total. The Bertz CT molecular complexity index is 1350. The Morgan fingerprint density at radius 1 is 1.22 bits per heavy atom. The van der Waals surface area contributed by atoms with Gasteiger partial charge in [0.2, 0.25) is 5.91 Å². The second-order valence-corrected chi connectivity index (χ2v) is 12.3. The number of carbonyl (C=O) groups excluding carboxylic acids is 2. The van der Waals surface area contributed by atoms with Gasteiger partial charge in [-0.2, -0.15) is 0 Å². The highest BCUT2D eigenvalue weighted by Gasteiger charge is 2.66. The molecule has 2 bridgehead atoms. The lowest BCUT2D eigenvalue weighted by Crippen LogP contribution is -2.69. The lowest BCUT2D eigenvalue weighted by atomic mass is 9.51. The van der Waals surface area contributed by atoms with Crippen LogP contribution in [0.4, 0.5) is 0 Å². The number of carbonyl (C=O) groups is 2. The molecule has 0 aromatic heterocycles.